The van der Waals surface area contributed by atoms with Crippen molar-refractivity contribution in [2.24, 2.45) is 0 Å². The molecule has 2 N–H and O–H groups in total. The molecule has 0 radical (unpaired) electrons. The van der Waals surface area contributed by atoms with Gasteiger partial charge in [-0.15, -0.1) is 0 Å². The van der Waals surface area contributed by atoms with Crippen LogP contribution in [-0.2, 0) is 9.84 Å². The minimum Gasteiger partial charge on any atom is -0.465 e. The first-order valence-corrected chi connectivity index (χ1v) is 8.87. The lowest BCUT2D eigenvalue weighted by molar-refractivity contribution is 0.203. The first-order valence-electron chi connectivity index (χ1n) is 7.33. The van der Waals surface area contributed by atoms with Crippen molar-refractivity contribution in [3.63, 3.8) is 0 Å². The average molecular weight is 326 g/mol. The molecule has 0 spiro atoms. The molecule has 1 aliphatic rings. The fraction of sp³-hybridized carbons (Fsp3) is 0.533. The van der Waals surface area contributed by atoms with Gasteiger partial charge in [0.2, 0.25) is 0 Å². The normalized spacial score (nSPS) is 18.6. The molecular weight excluding hydrogens is 304 g/mol. The first-order chi connectivity index (χ1) is 10.2. The highest BCUT2D eigenvalue weighted by molar-refractivity contribution is 7.92. The topological polar surface area (TPSA) is 86.7 Å². The molecule has 1 saturated heterocycles. The minimum absolute atomic E-state index is 0.0503. The smallest absolute Gasteiger partial charge is 0.411 e. The monoisotopic (exact) mass is 326 g/mol. The number of amides is 1. The quantitative estimate of drug-likeness (QED) is 0.887. The fourth-order valence-electron chi connectivity index (χ4n) is 2.59. The highest BCUT2D eigenvalue weighted by Gasteiger charge is 2.28. The van der Waals surface area contributed by atoms with E-state index in [1.165, 1.54) is 13.1 Å². The summed E-state index contributed by atoms with van der Waals surface area (Å²) in [6, 6.07) is 4.69. The van der Waals surface area contributed by atoms with Gasteiger partial charge in [-0.05, 0) is 57.0 Å². The Morgan fingerprint density at radius 1 is 1.41 bits per heavy atom. The third-order valence-electron chi connectivity index (χ3n) is 4.03. The van der Waals surface area contributed by atoms with Crippen LogP contribution in [0.2, 0.25) is 0 Å². The Labute approximate surface area is 131 Å². The summed E-state index contributed by atoms with van der Waals surface area (Å²) in [5.41, 5.74) is 1.13. The summed E-state index contributed by atoms with van der Waals surface area (Å²) in [5.74, 6) is 0. The van der Waals surface area contributed by atoms with Crippen LogP contribution in [0.5, 0.6) is 0 Å². The van der Waals surface area contributed by atoms with Crippen molar-refractivity contribution in [2.45, 2.75) is 42.9 Å². The standard InChI is InChI=1S/C15H22N2O4S/c1-10(2)22(20,21)14-7-6-11(17(3)15(18)19)9-12(14)13-5-4-8-16-13/h6-7,9-10,13,16H,4-5,8H2,1-3H3,(H,18,19). The Bertz CT molecular complexity index is 664. The van der Waals surface area contributed by atoms with Crippen molar-refractivity contribution < 1.29 is 18.3 Å². The van der Waals surface area contributed by atoms with Crippen LogP contribution in [0.25, 0.3) is 0 Å². The van der Waals surface area contributed by atoms with Gasteiger partial charge in [0.15, 0.2) is 9.84 Å². The molecule has 1 aromatic carbocycles. The molecule has 1 aromatic rings. The summed E-state index contributed by atoms with van der Waals surface area (Å²) < 4.78 is 25.1. The highest BCUT2D eigenvalue weighted by Crippen LogP contribution is 2.33. The van der Waals surface area contributed by atoms with Crippen LogP contribution in [0.15, 0.2) is 23.1 Å². The second kappa shape index (κ2) is 6.26. The van der Waals surface area contributed by atoms with E-state index in [-0.39, 0.29) is 6.04 Å². The summed E-state index contributed by atoms with van der Waals surface area (Å²) in [6.45, 7) is 4.14. The third-order valence-corrected chi connectivity index (χ3v) is 6.26. The Hall–Kier alpha value is -1.60. The van der Waals surface area contributed by atoms with Crippen LogP contribution in [0, 0.1) is 0 Å². The average Bonchev–Trinajstić information content (AvgIpc) is 2.99. The lowest BCUT2D eigenvalue weighted by atomic mass is 10.0. The van der Waals surface area contributed by atoms with E-state index in [1.807, 2.05) is 0 Å². The number of hydrogen-bond acceptors (Lipinski definition) is 4. The Morgan fingerprint density at radius 2 is 2.09 bits per heavy atom. The van der Waals surface area contributed by atoms with Gasteiger partial charge in [0, 0.05) is 18.8 Å². The summed E-state index contributed by atoms with van der Waals surface area (Å²) >= 11 is 0. The molecule has 1 fully saturated rings. The number of sulfone groups is 1. The van der Waals surface area contributed by atoms with Crippen molar-refractivity contribution in [1.82, 2.24) is 5.32 Å². The summed E-state index contributed by atoms with van der Waals surface area (Å²) in [5, 5.41) is 11.9. The van der Waals surface area contributed by atoms with Crippen molar-refractivity contribution >= 4 is 21.6 Å². The summed E-state index contributed by atoms with van der Waals surface area (Å²) in [7, 11) is -1.97. The number of carboxylic acid groups (broad SMARTS) is 1. The minimum atomic E-state index is -3.41. The zero-order chi connectivity index (χ0) is 16.5. The molecule has 0 aromatic heterocycles. The molecule has 0 bridgehead atoms. The molecule has 1 heterocycles. The van der Waals surface area contributed by atoms with Crippen molar-refractivity contribution in [3.8, 4) is 0 Å². The predicted octanol–water partition coefficient (Wildman–Crippen LogP) is 2.41. The predicted molar refractivity (Wildman–Crippen MR) is 85.2 cm³/mol. The number of benzene rings is 1. The lowest BCUT2D eigenvalue weighted by Gasteiger charge is -2.21. The van der Waals surface area contributed by atoms with Gasteiger partial charge < -0.3 is 10.4 Å². The van der Waals surface area contributed by atoms with Crippen LogP contribution < -0.4 is 10.2 Å². The maximum Gasteiger partial charge on any atom is 0.411 e. The molecule has 1 atom stereocenters. The van der Waals surface area contributed by atoms with Gasteiger partial charge >= 0.3 is 6.09 Å². The van der Waals surface area contributed by atoms with E-state index in [9.17, 15) is 13.2 Å². The molecule has 1 amide bonds. The molecule has 1 aliphatic heterocycles. The van der Waals surface area contributed by atoms with Crippen molar-refractivity contribution in [2.75, 3.05) is 18.5 Å². The van der Waals surface area contributed by atoms with Crippen LogP contribution in [0.1, 0.15) is 38.3 Å². The highest BCUT2D eigenvalue weighted by atomic mass is 32.2. The molecule has 6 nitrogen and oxygen atoms in total. The van der Waals surface area contributed by atoms with E-state index in [1.54, 1.807) is 26.0 Å². The van der Waals surface area contributed by atoms with Gasteiger partial charge in [-0.1, -0.05) is 0 Å². The molecule has 0 aliphatic carbocycles. The first kappa shape index (κ1) is 16.8. The van der Waals surface area contributed by atoms with Gasteiger partial charge in [-0.3, -0.25) is 4.90 Å². The largest absolute Gasteiger partial charge is 0.465 e. The van der Waals surface area contributed by atoms with Gasteiger partial charge in [0.1, 0.15) is 0 Å². The van der Waals surface area contributed by atoms with E-state index < -0.39 is 21.2 Å². The molecule has 2 rings (SSSR count). The van der Waals surface area contributed by atoms with Crippen LogP contribution in [-0.4, -0.2) is 38.5 Å². The molecular formula is C15H22N2O4S. The Balaban J connectivity index is 2.56. The molecule has 7 heteroatoms. The number of hydrogen-bond donors (Lipinski definition) is 2. The van der Waals surface area contributed by atoms with Gasteiger partial charge in [-0.2, -0.15) is 0 Å². The number of nitrogens with one attached hydrogen (secondary N) is 1. The molecule has 122 valence electrons. The SMILES string of the molecule is CC(C)S(=O)(=O)c1ccc(N(C)C(=O)O)cc1C1CCCN1. The van der Waals surface area contributed by atoms with E-state index in [2.05, 4.69) is 5.32 Å². The third kappa shape index (κ3) is 3.10. The molecule has 22 heavy (non-hydrogen) atoms. The second-order valence-corrected chi connectivity index (χ2v) is 8.28. The van der Waals surface area contributed by atoms with Crippen molar-refractivity contribution in [1.29, 1.82) is 0 Å². The van der Waals surface area contributed by atoms with E-state index in [0.717, 1.165) is 24.3 Å². The second-order valence-electron chi connectivity index (χ2n) is 5.81. The van der Waals surface area contributed by atoms with Crippen LogP contribution in [0.4, 0.5) is 10.5 Å². The van der Waals surface area contributed by atoms with Gasteiger partial charge in [-0.25, -0.2) is 13.2 Å². The van der Waals surface area contributed by atoms with Crippen LogP contribution in [0.3, 0.4) is 0 Å². The Morgan fingerprint density at radius 3 is 2.59 bits per heavy atom. The van der Waals surface area contributed by atoms with Crippen LogP contribution >= 0.6 is 0 Å². The number of nitrogens with zero attached hydrogens (tertiary/aromatic N) is 1. The molecule has 0 saturated carbocycles. The number of carbonyl (C=O) groups is 1. The maximum atomic E-state index is 12.6. The van der Waals surface area contributed by atoms with Crippen molar-refractivity contribution in [3.05, 3.63) is 23.8 Å². The number of rotatable bonds is 4. The number of anilines is 1. The maximum absolute atomic E-state index is 12.6. The van der Waals surface area contributed by atoms with E-state index in [4.69, 9.17) is 5.11 Å². The zero-order valence-corrected chi connectivity index (χ0v) is 13.9. The van der Waals surface area contributed by atoms with Gasteiger partial charge in [0.05, 0.1) is 10.1 Å². The Kier molecular flexibility index (Phi) is 4.77. The van der Waals surface area contributed by atoms with Gasteiger partial charge in [0.25, 0.3) is 0 Å². The lowest BCUT2D eigenvalue weighted by Crippen LogP contribution is -2.25. The summed E-state index contributed by atoms with van der Waals surface area (Å²) in [6.07, 6.45) is 0.746. The van der Waals surface area contributed by atoms with E-state index in [0.29, 0.717) is 16.1 Å². The zero-order valence-electron chi connectivity index (χ0n) is 13.0. The molecule has 1 unspecified atom stereocenters. The fourth-order valence-corrected chi connectivity index (χ4v) is 3.89. The van der Waals surface area contributed by atoms with E-state index >= 15 is 0 Å². The summed E-state index contributed by atoms with van der Waals surface area (Å²) in [4.78, 5) is 12.5.